The molecular formula is C15H12N2O2S2. The second kappa shape index (κ2) is 4.91. The van der Waals surface area contributed by atoms with Crippen molar-refractivity contribution in [2.75, 3.05) is 6.54 Å². The van der Waals surface area contributed by atoms with Gasteiger partial charge < -0.3 is 10.4 Å². The van der Waals surface area contributed by atoms with Crippen LogP contribution in [0.3, 0.4) is 0 Å². The molecule has 3 heterocycles. The van der Waals surface area contributed by atoms with Gasteiger partial charge in [0.05, 0.1) is 10.2 Å². The quantitative estimate of drug-likeness (QED) is 0.761. The number of hydrogen-bond acceptors (Lipinski definition) is 5. The van der Waals surface area contributed by atoms with Gasteiger partial charge in [0, 0.05) is 17.0 Å². The monoisotopic (exact) mass is 316 g/mol. The van der Waals surface area contributed by atoms with Gasteiger partial charge in [0.1, 0.15) is 9.88 Å². The first-order valence-corrected chi connectivity index (χ1v) is 8.32. The Morgan fingerprint density at radius 2 is 2.14 bits per heavy atom. The van der Waals surface area contributed by atoms with E-state index in [2.05, 4.69) is 10.3 Å². The number of carboxylic acid groups (broad SMARTS) is 1. The molecule has 0 fully saturated rings. The Labute approximate surface area is 129 Å². The summed E-state index contributed by atoms with van der Waals surface area (Å²) in [6, 6.07) is 7.93. The summed E-state index contributed by atoms with van der Waals surface area (Å²) in [4.78, 5) is 17.8. The van der Waals surface area contributed by atoms with Crippen molar-refractivity contribution in [3.05, 3.63) is 39.6 Å². The number of para-hydroxylation sites is 1. The molecule has 4 nitrogen and oxygen atoms in total. The van der Waals surface area contributed by atoms with E-state index in [-0.39, 0.29) is 0 Å². The number of nitrogens with zero attached hydrogens (tertiary/aromatic N) is 1. The van der Waals surface area contributed by atoms with Gasteiger partial charge in [-0.25, -0.2) is 9.78 Å². The second-order valence-corrected chi connectivity index (χ2v) is 7.06. The van der Waals surface area contributed by atoms with E-state index in [0.717, 1.165) is 50.7 Å². The van der Waals surface area contributed by atoms with Gasteiger partial charge in [-0.2, -0.15) is 0 Å². The highest BCUT2D eigenvalue weighted by molar-refractivity contribution is 7.22. The topological polar surface area (TPSA) is 62.2 Å². The van der Waals surface area contributed by atoms with Crippen molar-refractivity contribution in [2.24, 2.45) is 0 Å². The molecule has 0 spiro atoms. The zero-order chi connectivity index (χ0) is 14.4. The number of thiophene rings is 1. The third-order valence-electron chi connectivity index (χ3n) is 3.63. The Morgan fingerprint density at radius 1 is 1.29 bits per heavy atom. The number of aromatic carboxylic acids is 1. The van der Waals surface area contributed by atoms with Gasteiger partial charge in [-0.1, -0.05) is 12.1 Å². The average molecular weight is 316 g/mol. The number of carbonyl (C=O) groups is 1. The largest absolute Gasteiger partial charge is 0.477 e. The first-order chi connectivity index (χ1) is 10.2. The van der Waals surface area contributed by atoms with E-state index in [1.54, 1.807) is 11.3 Å². The van der Waals surface area contributed by atoms with Crippen LogP contribution in [0.2, 0.25) is 0 Å². The van der Waals surface area contributed by atoms with Crippen LogP contribution < -0.4 is 5.32 Å². The third kappa shape index (κ3) is 2.07. The lowest BCUT2D eigenvalue weighted by Gasteiger charge is -2.13. The minimum atomic E-state index is -0.858. The van der Waals surface area contributed by atoms with Gasteiger partial charge in [-0.15, -0.1) is 22.7 Å². The lowest BCUT2D eigenvalue weighted by atomic mass is 10.0. The number of benzene rings is 1. The van der Waals surface area contributed by atoms with Crippen LogP contribution in [0.4, 0.5) is 0 Å². The maximum absolute atomic E-state index is 11.6. The van der Waals surface area contributed by atoms with Crippen molar-refractivity contribution < 1.29 is 9.90 Å². The normalized spacial score (nSPS) is 14.3. The Kier molecular flexibility index (Phi) is 3.02. The summed E-state index contributed by atoms with van der Waals surface area (Å²) in [5, 5.41) is 13.6. The van der Waals surface area contributed by atoms with Crippen molar-refractivity contribution in [3.63, 3.8) is 0 Å². The van der Waals surface area contributed by atoms with Crippen molar-refractivity contribution >= 4 is 38.9 Å². The number of rotatable bonds is 2. The molecule has 2 N–H and O–H groups in total. The molecule has 0 unspecified atom stereocenters. The zero-order valence-corrected chi connectivity index (χ0v) is 12.7. The summed E-state index contributed by atoms with van der Waals surface area (Å²) in [5.74, 6) is -0.858. The van der Waals surface area contributed by atoms with Crippen molar-refractivity contribution in [1.29, 1.82) is 0 Å². The average Bonchev–Trinajstić information content (AvgIpc) is 3.07. The van der Waals surface area contributed by atoms with E-state index in [1.165, 1.54) is 11.3 Å². The molecular weight excluding hydrogens is 304 g/mol. The maximum Gasteiger partial charge on any atom is 0.346 e. The van der Waals surface area contributed by atoms with E-state index >= 15 is 0 Å². The zero-order valence-electron chi connectivity index (χ0n) is 11.0. The number of thiazole rings is 1. The fraction of sp³-hybridized carbons (Fsp3) is 0.200. The molecule has 21 heavy (non-hydrogen) atoms. The molecule has 106 valence electrons. The van der Waals surface area contributed by atoms with Crippen LogP contribution in [0.25, 0.3) is 20.8 Å². The highest BCUT2D eigenvalue weighted by Gasteiger charge is 2.26. The molecule has 0 saturated carbocycles. The molecule has 6 heteroatoms. The molecule has 4 rings (SSSR count). The molecule has 2 aromatic heterocycles. The summed E-state index contributed by atoms with van der Waals surface area (Å²) >= 11 is 2.95. The molecule has 1 aliphatic heterocycles. The number of hydrogen-bond donors (Lipinski definition) is 2. The third-order valence-corrected chi connectivity index (χ3v) is 5.90. The molecule has 0 saturated heterocycles. The highest BCUT2D eigenvalue weighted by atomic mass is 32.1. The fourth-order valence-corrected chi connectivity index (χ4v) is 4.96. The van der Waals surface area contributed by atoms with E-state index in [1.807, 2.05) is 24.3 Å². The highest BCUT2D eigenvalue weighted by Crippen LogP contribution is 2.41. The Hall–Kier alpha value is -1.76. The van der Waals surface area contributed by atoms with Crippen LogP contribution in [-0.2, 0) is 13.0 Å². The Balaban J connectivity index is 1.97. The maximum atomic E-state index is 11.6. The predicted molar refractivity (Wildman–Crippen MR) is 85.3 cm³/mol. The molecule has 0 aliphatic carbocycles. The van der Waals surface area contributed by atoms with Crippen LogP contribution >= 0.6 is 22.7 Å². The molecule has 1 aromatic carbocycles. The van der Waals surface area contributed by atoms with Crippen LogP contribution in [0.15, 0.2) is 24.3 Å². The second-order valence-electron chi connectivity index (χ2n) is 4.93. The number of nitrogens with one attached hydrogen (secondary N) is 1. The molecule has 1 aliphatic rings. The van der Waals surface area contributed by atoms with Crippen LogP contribution in [0.1, 0.15) is 20.1 Å². The fourth-order valence-electron chi connectivity index (χ4n) is 2.69. The summed E-state index contributed by atoms with van der Waals surface area (Å²) in [6.07, 6.45) is 0.865. The van der Waals surface area contributed by atoms with Gasteiger partial charge in [-0.3, -0.25) is 0 Å². The van der Waals surface area contributed by atoms with Gasteiger partial charge in [-0.05, 0) is 30.7 Å². The molecule has 0 radical (unpaired) electrons. The number of carboxylic acids is 1. The van der Waals surface area contributed by atoms with E-state index < -0.39 is 5.97 Å². The summed E-state index contributed by atoms with van der Waals surface area (Å²) < 4.78 is 1.10. The molecule has 0 atom stereocenters. The number of aromatic nitrogens is 1. The summed E-state index contributed by atoms with van der Waals surface area (Å²) in [6.45, 7) is 1.64. The van der Waals surface area contributed by atoms with Crippen molar-refractivity contribution in [1.82, 2.24) is 10.3 Å². The van der Waals surface area contributed by atoms with E-state index in [9.17, 15) is 9.90 Å². The lowest BCUT2D eigenvalue weighted by molar-refractivity contribution is 0.0703. The molecule has 0 bridgehead atoms. The summed E-state index contributed by atoms with van der Waals surface area (Å²) in [5.41, 5.74) is 2.93. The Morgan fingerprint density at radius 3 is 2.95 bits per heavy atom. The Bertz CT molecular complexity index is 818. The predicted octanol–water partition coefficient (Wildman–Crippen LogP) is 3.37. The minimum Gasteiger partial charge on any atom is -0.477 e. The number of fused-ring (bicyclic) bond motifs is 2. The van der Waals surface area contributed by atoms with Crippen LogP contribution in [-0.4, -0.2) is 22.6 Å². The van der Waals surface area contributed by atoms with Gasteiger partial charge >= 0.3 is 5.97 Å². The van der Waals surface area contributed by atoms with Gasteiger partial charge in [0.15, 0.2) is 0 Å². The van der Waals surface area contributed by atoms with E-state index in [0.29, 0.717) is 4.88 Å². The first kappa shape index (κ1) is 12.9. The standard InChI is InChI=1S/C15H12N2O2S2/c18-15(19)13-12(8-5-6-16-7-11(8)20-13)14-17-9-3-1-2-4-10(9)21-14/h1-4,16H,5-7H2,(H,18,19). The SMILES string of the molecule is O=C(O)c1sc2c(c1-c1nc3ccccc3s1)CCNC2. The smallest absolute Gasteiger partial charge is 0.346 e. The summed E-state index contributed by atoms with van der Waals surface area (Å²) in [7, 11) is 0. The van der Waals surface area contributed by atoms with Crippen LogP contribution in [0, 0.1) is 0 Å². The first-order valence-electron chi connectivity index (χ1n) is 6.68. The molecule has 3 aromatic rings. The lowest BCUT2D eigenvalue weighted by Crippen LogP contribution is -2.22. The molecule has 0 amide bonds. The van der Waals surface area contributed by atoms with Gasteiger partial charge in [0.2, 0.25) is 0 Å². The van der Waals surface area contributed by atoms with E-state index in [4.69, 9.17) is 0 Å². The minimum absolute atomic E-state index is 0.419. The van der Waals surface area contributed by atoms with Crippen molar-refractivity contribution in [3.8, 4) is 10.6 Å². The van der Waals surface area contributed by atoms with Crippen LogP contribution in [0.5, 0.6) is 0 Å². The van der Waals surface area contributed by atoms with Gasteiger partial charge in [0.25, 0.3) is 0 Å². The van der Waals surface area contributed by atoms with Crippen molar-refractivity contribution in [2.45, 2.75) is 13.0 Å².